The van der Waals surface area contributed by atoms with Crippen LogP contribution in [-0.4, -0.2) is 24.0 Å². The Balaban J connectivity index is 1.27. The molecule has 4 fully saturated rings. The smallest absolute Gasteiger partial charge is 0.0152 e. The summed E-state index contributed by atoms with van der Waals surface area (Å²) in [5.41, 5.74) is 2.68. The van der Waals surface area contributed by atoms with Crippen molar-refractivity contribution in [1.82, 2.24) is 4.90 Å². The summed E-state index contributed by atoms with van der Waals surface area (Å²) in [5.74, 6) is 5.74. The standard InChI is InChI=1S/C34H55N/c1-24(2)11-10-12-25(3)29-16-17-30-28-15-18-32-34(5,31(28)20-22-33(29,30)4)21-19-27(35(32)6)23-26-13-8-7-9-14-26/h7-9,13-14,24-25,27-32H,10-12,15-23H2,1-6H3/t25-,27-,28-,29+,30+,31-,32-,33-,34-/m1/s1. The zero-order valence-electron chi connectivity index (χ0n) is 23.9. The normalized spacial score (nSPS) is 42.4. The maximum Gasteiger partial charge on any atom is 0.0152 e. The first-order valence-electron chi connectivity index (χ1n) is 15.5. The Kier molecular flexibility index (Phi) is 7.49. The molecule has 0 unspecified atom stereocenters. The number of nitrogens with zero attached hydrogens (tertiary/aromatic N) is 1. The highest BCUT2D eigenvalue weighted by Gasteiger charge is 2.61. The average Bonchev–Trinajstić information content (AvgIpc) is 3.19. The average molecular weight is 478 g/mol. The van der Waals surface area contributed by atoms with E-state index >= 15 is 0 Å². The molecule has 1 heteroatoms. The van der Waals surface area contributed by atoms with Gasteiger partial charge in [-0.05, 0) is 117 Å². The van der Waals surface area contributed by atoms with Crippen molar-refractivity contribution >= 4 is 0 Å². The fourth-order valence-electron chi connectivity index (χ4n) is 10.5. The molecule has 0 bridgehead atoms. The van der Waals surface area contributed by atoms with Gasteiger partial charge < -0.3 is 0 Å². The third kappa shape index (κ3) is 4.66. The molecule has 1 aromatic carbocycles. The van der Waals surface area contributed by atoms with Gasteiger partial charge in [-0.3, -0.25) is 4.90 Å². The van der Waals surface area contributed by atoms with E-state index in [0.717, 1.165) is 47.6 Å². The van der Waals surface area contributed by atoms with Crippen LogP contribution in [0.3, 0.4) is 0 Å². The molecule has 5 rings (SSSR count). The zero-order valence-corrected chi connectivity index (χ0v) is 23.9. The van der Waals surface area contributed by atoms with Crippen LogP contribution in [-0.2, 0) is 6.42 Å². The van der Waals surface area contributed by atoms with Crippen LogP contribution < -0.4 is 0 Å². The Hall–Kier alpha value is -0.820. The number of hydrogen-bond donors (Lipinski definition) is 0. The molecule has 35 heavy (non-hydrogen) atoms. The fourth-order valence-corrected chi connectivity index (χ4v) is 10.5. The second-order valence-corrected chi connectivity index (χ2v) is 14.6. The van der Waals surface area contributed by atoms with Crippen LogP contribution in [0.5, 0.6) is 0 Å². The number of likely N-dealkylation sites (N-methyl/N-ethyl adjacent to an activating group) is 1. The number of piperidine rings is 1. The maximum atomic E-state index is 2.86. The van der Waals surface area contributed by atoms with Gasteiger partial charge in [0.25, 0.3) is 0 Å². The van der Waals surface area contributed by atoms with Crippen molar-refractivity contribution in [3.8, 4) is 0 Å². The molecule has 0 spiro atoms. The molecular formula is C34H55N. The predicted octanol–water partition coefficient (Wildman–Crippen LogP) is 9.01. The third-order valence-electron chi connectivity index (χ3n) is 12.4. The summed E-state index contributed by atoms with van der Waals surface area (Å²) in [5, 5.41) is 0. The van der Waals surface area contributed by atoms with Crippen molar-refractivity contribution in [2.45, 2.75) is 124 Å². The highest BCUT2D eigenvalue weighted by Crippen LogP contribution is 2.67. The topological polar surface area (TPSA) is 3.24 Å². The van der Waals surface area contributed by atoms with Gasteiger partial charge in [-0.2, -0.15) is 0 Å². The Morgan fingerprint density at radius 2 is 1.54 bits per heavy atom. The summed E-state index contributed by atoms with van der Waals surface area (Å²) in [6, 6.07) is 12.8. The molecule has 3 saturated carbocycles. The lowest BCUT2D eigenvalue weighted by Gasteiger charge is -2.63. The molecule has 1 heterocycles. The SMILES string of the molecule is CC(C)CCC[C@@H](C)[C@@H]1CC[C@H]2[C@H]3CC[C@H]4N(C)[C@@H](Cc5ccccc5)CC[C@]4(C)[C@@H]3CC[C@@]21C. The van der Waals surface area contributed by atoms with E-state index in [9.17, 15) is 0 Å². The second kappa shape index (κ2) is 10.2. The minimum atomic E-state index is 0.535. The first-order chi connectivity index (χ1) is 16.7. The van der Waals surface area contributed by atoms with E-state index in [-0.39, 0.29) is 0 Å². The molecule has 1 aromatic rings. The lowest BCUT2D eigenvalue weighted by atomic mass is 9.46. The molecule has 1 nitrogen and oxygen atoms in total. The number of likely N-dealkylation sites (tertiary alicyclic amines) is 1. The van der Waals surface area contributed by atoms with E-state index in [1.165, 1.54) is 82.6 Å². The first-order valence-corrected chi connectivity index (χ1v) is 15.5. The molecule has 3 aliphatic carbocycles. The van der Waals surface area contributed by atoms with Gasteiger partial charge in [0.05, 0.1) is 0 Å². The van der Waals surface area contributed by atoms with Gasteiger partial charge in [-0.1, -0.05) is 84.2 Å². The number of hydrogen-bond acceptors (Lipinski definition) is 1. The molecule has 196 valence electrons. The first kappa shape index (κ1) is 25.8. The molecule has 0 aromatic heterocycles. The van der Waals surface area contributed by atoms with Crippen molar-refractivity contribution in [2.24, 2.45) is 46.3 Å². The fraction of sp³-hybridized carbons (Fsp3) is 0.824. The summed E-state index contributed by atoms with van der Waals surface area (Å²) >= 11 is 0. The zero-order chi connectivity index (χ0) is 24.8. The van der Waals surface area contributed by atoms with Crippen LogP contribution >= 0.6 is 0 Å². The van der Waals surface area contributed by atoms with Crippen molar-refractivity contribution in [3.63, 3.8) is 0 Å². The highest BCUT2D eigenvalue weighted by atomic mass is 15.2. The van der Waals surface area contributed by atoms with Crippen LogP contribution in [0.4, 0.5) is 0 Å². The summed E-state index contributed by atoms with van der Waals surface area (Å²) in [6.45, 7) is 12.9. The molecule has 0 N–H and O–H groups in total. The number of rotatable bonds is 7. The van der Waals surface area contributed by atoms with Crippen molar-refractivity contribution in [1.29, 1.82) is 0 Å². The van der Waals surface area contributed by atoms with Crippen molar-refractivity contribution in [3.05, 3.63) is 35.9 Å². The Morgan fingerprint density at radius 1 is 0.829 bits per heavy atom. The van der Waals surface area contributed by atoms with Gasteiger partial charge in [0.15, 0.2) is 0 Å². The van der Waals surface area contributed by atoms with Crippen LogP contribution in [0.25, 0.3) is 0 Å². The molecule has 0 radical (unpaired) electrons. The van der Waals surface area contributed by atoms with Gasteiger partial charge in [0.2, 0.25) is 0 Å². The molecule has 1 aliphatic heterocycles. The predicted molar refractivity (Wildman–Crippen MR) is 150 cm³/mol. The quantitative estimate of drug-likeness (QED) is 0.378. The lowest BCUT2D eigenvalue weighted by molar-refractivity contribution is -0.136. The van der Waals surface area contributed by atoms with E-state index in [1.807, 2.05) is 0 Å². The van der Waals surface area contributed by atoms with Crippen LogP contribution in [0.15, 0.2) is 30.3 Å². The molecule has 1 saturated heterocycles. The third-order valence-corrected chi connectivity index (χ3v) is 12.4. The second-order valence-electron chi connectivity index (χ2n) is 14.6. The van der Waals surface area contributed by atoms with Crippen LogP contribution in [0.1, 0.15) is 111 Å². The molecule has 4 aliphatic rings. The molecular weight excluding hydrogens is 422 g/mol. The van der Waals surface area contributed by atoms with E-state index in [1.54, 1.807) is 0 Å². The van der Waals surface area contributed by atoms with Gasteiger partial charge in [-0.25, -0.2) is 0 Å². The largest absolute Gasteiger partial charge is 0.300 e. The van der Waals surface area contributed by atoms with Gasteiger partial charge in [0.1, 0.15) is 0 Å². The Bertz CT molecular complexity index is 830. The summed E-state index contributed by atoms with van der Waals surface area (Å²) < 4.78 is 0. The molecule has 9 atom stereocenters. The van der Waals surface area contributed by atoms with E-state index in [2.05, 4.69) is 76.9 Å². The Morgan fingerprint density at radius 3 is 2.29 bits per heavy atom. The minimum absolute atomic E-state index is 0.535. The monoisotopic (exact) mass is 477 g/mol. The van der Waals surface area contributed by atoms with E-state index in [4.69, 9.17) is 0 Å². The summed E-state index contributed by atoms with van der Waals surface area (Å²) in [6.07, 6.45) is 17.4. The molecule has 0 amide bonds. The van der Waals surface area contributed by atoms with Gasteiger partial charge >= 0.3 is 0 Å². The summed E-state index contributed by atoms with van der Waals surface area (Å²) in [7, 11) is 2.48. The van der Waals surface area contributed by atoms with Crippen LogP contribution in [0.2, 0.25) is 0 Å². The maximum absolute atomic E-state index is 2.86. The van der Waals surface area contributed by atoms with Crippen molar-refractivity contribution in [2.75, 3.05) is 7.05 Å². The van der Waals surface area contributed by atoms with E-state index in [0.29, 0.717) is 10.8 Å². The number of benzene rings is 1. The Labute approximate surface area is 217 Å². The highest BCUT2D eigenvalue weighted by molar-refractivity contribution is 5.18. The summed E-state index contributed by atoms with van der Waals surface area (Å²) in [4.78, 5) is 2.86. The minimum Gasteiger partial charge on any atom is -0.300 e. The van der Waals surface area contributed by atoms with Gasteiger partial charge in [0, 0.05) is 12.1 Å². The van der Waals surface area contributed by atoms with Crippen LogP contribution in [0, 0.1) is 46.3 Å². The number of fused-ring (bicyclic) bond motifs is 5. The van der Waals surface area contributed by atoms with E-state index < -0.39 is 0 Å². The lowest BCUT2D eigenvalue weighted by Crippen LogP contribution is -2.62. The van der Waals surface area contributed by atoms with Crippen molar-refractivity contribution < 1.29 is 0 Å². The van der Waals surface area contributed by atoms with Gasteiger partial charge in [-0.15, -0.1) is 0 Å².